The van der Waals surface area contributed by atoms with Gasteiger partial charge in [-0.15, -0.1) is 11.3 Å². The Morgan fingerprint density at radius 2 is 2.41 bits per heavy atom. The van der Waals surface area contributed by atoms with E-state index in [0.29, 0.717) is 12.6 Å². The zero-order valence-corrected chi connectivity index (χ0v) is 11.4. The maximum atomic E-state index is 5.79. The number of aromatic nitrogens is 1. The van der Waals surface area contributed by atoms with Gasteiger partial charge >= 0.3 is 0 Å². The van der Waals surface area contributed by atoms with E-state index < -0.39 is 0 Å². The summed E-state index contributed by atoms with van der Waals surface area (Å²) in [7, 11) is 0. The molecule has 0 bridgehead atoms. The molecule has 0 spiro atoms. The summed E-state index contributed by atoms with van der Waals surface area (Å²) >= 11 is 1.74. The number of rotatable bonds is 4. The monoisotopic (exact) mass is 255 g/mol. The zero-order valence-electron chi connectivity index (χ0n) is 10.6. The quantitative estimate of drug-likeness (QED) is 0.891. The number of aryl methyl sites for hydroxylation is 1. The molecule has 2 heterocycles. The van der Waals surface area contributed by atoms with Crippen LogP contribution in [0.15, 0.2) is 0 Å². The first-order valence-electron chi connectivity index (χ1n) is 6.29. The summed E-state index contributed by atoms with van der Waals surface area (Å²) < 4.78 is 5.45. The molecule has 1 fully saturated rings. The third-order valence-electron chi connectivity index (χ3n) is 3.05. The van der Waals surface area contributed by atoms with Crippen LogP contribution in [0.4, 0.5) is 5.13 Å². The van der Waals surface area contributed by atoms with Crippen molar-refractivity contribution in [3.63, 3.8) is 0 Å². The Bertz CT molecular complexity index is 367. The molecule has 1 atom stereocenters. The van der Waals surface area contributed by atoms with E-state index >= 15 is 0 Å². The number of thiazole rings is 1. The van der Waals surface area contributed by atoms with E-state index in [0.717, 1.165) is 37.7 Å². The second-order valence-electron chi connectivity index (χ2n) is 4.44. The van der Waals surface area contributed by atoms with Gasteiger partial charge in [0.15, 0.2) is 5.13 Å². The first-order chi connectivity index (χ1) is 8.26. The Hall–Kier alpha value is -0.650. The van der Waals surface area contributed by atoms with E-state index in [-0.39, 0.29) is 0 Å². The Kier molecular flexibility index (Phi) is 4.36. The molecule has 1 aliphatic heterocycles. The highest BCUT2D eigenvalue weighted by atomic mass is 32.1. The minimum absolute atomic E-state index is 0.412. The van der Waals surface area contributed by atoms with Gasteiger partial charge in [0.25, 0.3) is 0 Å². The summed E-state index contributed by atoms with van der Waals surface area (Å²) in [6.45, 7) is 7.49. The predicted molar refractivity (Wildman–Crippen MR) is 71.6 cm³/mol. The molecule has 0 aromatic carbocycles. The van der Waals surface area contributed by atoms with Crippen LogP contribution in [-0.4, -0.2) is 30.8 Å². The fourth-order valence-electron chi connectivity index (χ4n) is 2.10. The highest BCUT2D eigenvalue weighted by molar-refractivity contribution is 7.15. The molecule has 1 aromatic rings. The van der Waals surface area contributed by atoms with Crippen LogP contribution in [-0.2, 0) is 17.7 Å². The fraction of sp³-hybridized carbons (Fsp3) is 0.750. The molecule has 0 amide bonds. The summed E-state index contributed by atoms with van der Waals surface area (Å²) in [6, 6.07) is 0.412. The average molecular weight is 255 g/mol. The van der Waals surface area contributed by atoms with Crippen LogP contribution in [0.1, 0.15) is 30.8 Å². The van der Waals surface area contributed by atoms with E-state index in [2.05, 4.69) is 18.7 Å². The van der Waals surface area contributed by atoms with Gasteiger partial charge in [-0.1, -0.05) is 13.3 Å². The third kappa shape index (κ3) is 2.78. The topological polar surface area (TPSA) is 51.4 Å². The summed E-state index contributed by atoms with van der Waals surface area (Å²) in [5.74, 6) is 0. The van der Waals surface area contributed by atoms with Crippen LogP contribution in [0.2, 0.25) is 0 Å². The van der Waals surface area contributed by atoms with Gasteiger partial charge in [-0.25, -0.2) is 4.98 Å². The van der Waals surface area contributed by atoms with Crippen molar-refractivity contribution >= 4 is 16.5 Å². The van der Waals surface area contributed by atoms with Gasteiger partial charge in [-0.3, -0.25) is 0 Å². The molecule has 96 valence electrons. The zero-order chi connectivity index (χ0) is 12.3. The van der Waals surface area contributed by atoms with Crippen molar-refractivity contribution in [2.45, 2.75) is 39.3 Å². The second kappa shape index (κ2) is 5.80. The predicted octanol–water partition coefficient (Wildman–Crippen LogP) is 1.78. The number of anilines is 1. The smallest absolute Gasteiger partial charge is 0.186 e. The number of nitrogens with zero attached hydrogens (tertiary/aromatic N) is 2. The van der Waals surface area contributed by atoms with Crippen LogP contribution in [0.25, 0.3) is 0 Å². The molecule has 1 saturated heterocycles. The molecule has 1 aromatic heterocycles. The lowest BCUT2D eigenvalue weighted by Gasteiger charge is -2.32. The molecule has 1 aliphatic rings. The van der Waals surface area contributed by atoms with Crippen molar-refractivity contribution in [1.82, 2.24) is 4.98 Å². The molecule has 0 saturated carbocycles. The minimum atomic E-state index is 0.412. The SMILES string of the molecule is CCCc1nc(N2CCOCC2C)sc1CN. The van der Waals surface area contributed by atoms with Crippen LogP contribution in [0.3, 0.4) is 0 Å². The van der Waals surface area contributed by atoms with Gasteiger partial charge in [0.05, 0.1) is 24.9 Å². The lowest BCUT2D eigenvalue weighted by Crippen LogP contribution is -2.43. The van der Waals surface area contributed by atoms with Crippen molar-refractivity contribution in [3.05, 3.63) is 10.6 Å². The Balaban J connectivity index is 2.19. The van der Waals surface area contributed by atoms with Crippen molar-refractivity contribution in [3.8, 4) is 0 Å². The third-order valence-corrected chi connectivity index (χ3v) is 4.21. The van der Waals surface area contributed by atoms with Gasteiger partial charge in [0.1, 0.15) is 0 Å². The van der Waals surface area contributed by atoms with Crippen molar-refractivity contribution in [2.75, 3.05) is 24.7 Å². The minimum Gasteiger partial charge on any atom is -0.377 e. The highest BCUT2D eigenvalue weighted by Crippen LogP contribution is 2.29. The first kappa shape index (κ1) is 12.8. The average Bonchev–Trinajstić information content (AvgIpc) is 2.73. The summed E-state index contributed by atoms with van der Waals surface area (Å²) in [5, 5.41) is 1.12. The lowest BCUT2D eigenvalue weighted by molar-refractivity contribution is 0.0989. The number of nitrogens with two attached hydrogens (primary N) is 1. The maximum Gasteiger partial charge on any atom is 0.186 e. The van der Waals surface area contributed by atoms with Crippen molar-refractivity contribution in [1.29, 1.82) is 0 Å². The van der Waals surface area contributed by atoms with Gasteiger partial charge in [-0.2, -0.15) is 0 Å². The van der Waals surface area contributed by atoms with Gasteiger partial charge in [0, 0.05) is 18.0 Å². The Morgan fingerprint density at radius 3 is 3.06 bits per heavy atom. The van der Waals surface area contributed by atoms with Gasteiger partial charge in [-0.05, 0) is 13.3 Å². The van der Waals surface area contributed by atoms with Gasteiger partial charge < -0.3 is 15.4 Å². The van der Waals surface area contributed by atoms with Crippen LogP contribution in [0.5, 0.6) is 0 Å². The molecule has 5 heteroatoms. The molecule has 0 radical (unpaired) electrons. The Morgan fingerprint density at radius 1 is 1.59 bits per heavy atom. The lowest BCUT2D eigenvalue weighted by atomic mass is 10.2. The Labute approximate surface area is 107 Å². The largest absolute Gasteiger partial charge is 0.377 e. The van der Waals surface area contributed by atoms with Crippen LogP contribution in [0, 0.1) is 0 Å². The first-order valence-corrected chi connectivity index (χ1v) is 7.11. The van der Waals surface area contributed by atoms with E-state index in [1.807, 2.05) is 0 Å². The summed E-state index contributed by atoms with van der Waals surface area (Å²) in [6.07, 6.45) is 2.15. The molecule has 2 N–H and O–H groups in total. The summed E-state index contributed by atoms with van der Waals surface area (Å²) in [4.78, 5) is 8.33. The molecular formula is C12H21N3OS. The number of morpholine rings is 1. The second-order valence-corrected chi connectivity index (χ2v) is 5.50. The van der Waals surface area contributed by atoms with Crippen LogP contribution >= 0.6 is 11.3 Å². The van der Waals surface area contributed by atoms with Crippen LogP contribution < -0.4 is 10.6 Å². The molecule has 4 nitrogen and oxygen atoms in total. The highest BCUT2D eigenvalue weighted by Gasteiger charge is 2.23. The standard InChI is InChI=1S/C12H21N3OS/c1-3-4-10-11(7-13)17-12(14-10)15-5-6-16-8-9(15)2/h9H,3-8,13H2,1-2H3. The van der Waals surface area contributed by atoms with E-state index in [1.165, 1.54) is 10.6 Å². The number of hydrogen-bond donors (Lipinski definition) is 1. The van der Waals surface area contributed by atoms with E-state index in [9.17, 15) is 0 Å². The number of hydrogen-bond acceptors (Lipinski definition) is 5. The van der Waals surface area contributed by atoms with E-state index in [1.54, 1.807) is 11.3 Å². The molecule has 0 aliphatic carbocycles. The summed E-state index contributed by atoms with van der Waals surface area (Å²) in [5.41, 5.74) is 6.97. The maximum absolute atomic E-state index is 5.79. The normalized spacial score (nSPS) is 20.9. The molecule has 17 heavy (non-hydrogen) atoms. The molecule has 2 rings (SSSR count). The van der Waals surface area contributed by atoms with Crippen molar-refractivity contribution in [2.24, 2.45) is 5.73 Å². The number of ether oxygens (including phenoxy) is 1. The molecule has 1 unspecified atom stereocenters. The molecular weight excluding hydrogens is 234 g/mol. The van der Waals surface area contributed by atoms with E-state index in [4.69, 9.17) is 15.5 Å². The fourth-order valence-corrected chi connectivity index (χ4v) is 3.21. The van der Waals surface area contributed by atoms with Crippen molar-refractivity contribution < 1.29 is 4.74 Å². The van der Waals surface area contributed by atoms with Gasteiger partial charge in [0.2, 0.25) is 0 Å².